The van der Waals surface area contributed by atoms with Gasteiger partial charge in [-0.2, -0.15) is 13.2 Å². The maximum absolute atomic E-state index is 13.2. The number of aromatic nitrogens is 2. The number of carbonyl (C=O) groups excluding carboxylic acids is 1. The summed E-state index contributed by atoms with van der Waals surface area (Å²) in [6.07, 6.45) is -1.30. The van der Waals surface area contributed by atoms with Gasteiger partial charge in [-0.15, -0.1) is 0 Å². The van der Waals surface area contributed by atoms with Crippen LogP contribution < -0.4 is 11.1 Å². The molecule has 2 aromatic heterocycles. The molecule has 1 aliphatic rings. The van der Waals surface area contributed by atoms with Gasteiger partial charge in [0, 0.05) is 31.2 Å². The summed E-state index contributed by atoms with van der Waals surface area (Å²) < 4.78 is 46.5. The summed E-state index contributed by atoms with van der Waals surface area (Å²) in [6, 6.07) is 4.52. The molecule has 11 heteroatoms. The Morgan fingerprint density at radius 2 is 1.94 bits per heavy atom. The number of halogens is 4. The maximum atomic E-state index is 13.2. The Bertz CT molecular complexity index is 1160. The van der Waals surface area contributed by atoms with Crippen molar-refractivity contribution in [3.63, 3.8) is 0 Å². The third-order valence-corrected chi connectivity index (χ3v) is 5.44. The average molecular weight is 468 g/mol. The lowest BCUT2D eigenvalue weighted by Crippen LogP contribution is -2.40. The second kappa shape index (κ2) is 8.51. The second-order valence-corrected chi connectivity index (χ2v) is 7.98. The topological polar surface area (TPSA) is 84.9 Å². The van der Waals surface area contributed by atoms with Crippen molar-refractivity contribution in [2.45, 2.75) is 19.1 Å². The molecule has 0 bridgehead atoms. The Morgan fingerprint density at radius 1 is 1.22 bits per heavy atom. The number of nitrogens with one attached hydrogen (secondary N) is 1. The van der Waals surface area contributed by atoms with Crippen LogP contribution in [0.4, 0.5) is 24.7 Å². The van der Waals surface area contributed by atoms with E-state index in [0.717, 1.165) is 12.1 Å². The van der Waals surface area contributed by atoms with Crippen molar-refractivity contribution in [3.8, 4) is 0 Å². The zero-order valence-electron chi connectivity index (χ0n) is 17.1. The Morgan fingerprint density at radius 3 is 2.62 bits per heavy atom. The number of benzene rings is 1. The predicted molar refractivity (Wildman–Crippen MR) is 115 cm³/mol. The minimum absolute atomic E-state index is 0.00811. The van der Waals surface area contributed by atoms with Crippen LogP contribution in [0, 0.1) is 0 Å². The molecule has 0 spiro atoms. The van der Waals surface area contributed by atoms with E-state index in [2.05, 4.69) is 10.3 Å². The van der Waals surface area contributed by atoms with Crippen LogP contribution in [0.2, 0.25) is 5.15 Å². The number of hydrogen-bond acceptors (Lipinski definition) is 5. The van der Waals surface area contributed by atoms with Crippen molar-refractivity contribution in [1.82, 2.24) is 14.3 Å². The van der Waals surface area contributed by atoms with Crippen molar-refractivity contribution >= 4 is 34.5 Å². The molecule has 0 radical (unpaired) electrons. The summed E-state index contributed by atoms with van der Waals surface area (Å²) >= 11 is 6.15. The Labute approximate surface area is 186 Å². The number of nitrogens with two attached hydrogens (primary N) is 1. The predicted octanol–water partition coefficient (Wildman–Crippen LogP) is 4.23. The van der Waals surface area contributed by atoms with Gasteiger partial charge in [0.15, 0.2) is 5.82 Å². The van der Waals surface area contributed by atoms with Crippen molar-refractivity contribution in [2.75, 3.05) is 37.4 Å². The fourth-order valence-corrected chi connectivity index (χ4v) is 3.82. The first-order valence-electron chi connectivity index (χ1n) is 9.91. The summed E-state index contributed by atoms with van der Waals surface area (Å²) in [4.78, 5) is 18.8. The van der Waals surface area contributed by atoms with Gasteiger partial charge in [0.05, 0.1) is 35.9 Å². The highest BCUT2D eigenvalue weighted by molar-refractivity contribution is 6.29. The van der Waals surface area contributed by atoms with Crippen molar-refractivity contribution in [1.29, 1.82) is 0 Å². The lowest BCUT2D eigenvalue weighted by atomic mass is 10.0. The number of rotatable bonds is 4. The SMILES string of the molecule is C[C@@H](Nc1nc(Cl)cn2cc(C(=O)N3CCOCC3)cc12)c1cc(N)cc(C(F)(F)F)c1. The van der Waals surface area contributed by atoms with E-state index >= 15 is 0 Å². The molecular formula is C21H21ClF3N5O2. The first kappa shape index (κ1) is 22.2. The van der Waals surface area contributed by atoms with Gasteiger partial charge in [-0.3, -0.25) is 4.79 Å². The molecule has 1 aliphatic heterocycles. The highest BCUT2D eigenvalue weighted by atomic mass is 35.5. The molecule has 3 heterocycles. The molecular weight excluding hydrogens is 447 g/mol. The zero-order valence-corrected chi connectivity index (χ0v) is 17.9. The number of alkyl halides is 3. The lowest BCUT2D eigenvalue weighted by molar-refractivity contribution is -0.137. The van der Waals surface area contributed by atoms with Crippen LogP contribution in [0.3, 0.4) is 0 Å². The zero-order chi connectivity index (χ0) is 23.0. The van der Waals surface area contributed by atoms with Crippen LogP contribution in [0.25, 0.3) is 5.52 Å². The maximum Gasteiger partial charge on any atom is 0.416 e. The number of carbonyl (C=O) groups is 1. The smallest absolute Gasteiger partial charge is 0.399 e. The minimum Gasteiger partial charge on any atom is -0.399 e. The fraction of sp³-hybridized carbons (Fsp3) is 0.333. The number of nitrogen functional groups attached to an aromatic ring is 1. The number of amides is 1. The Hall–Kier alpha value is -2.98. The average Bonchev–Trinajstić information content (AvgIpc) is 3.17. The summed E-state index contributed by atoms with van der Waals surface area (Å²) in [5.74, 6) is 0.194. The number of ether oxygens (including phenoxy) is 1. The van der Waals surface area contributed by atoms with E-state index in [1.54, 1.807) is 34.7 Å². The number of morpholine rings is 1. The molecule has 1 atom stereocenters. The molecule has 3 aromatic rings. The molecule has 1 saturated heterocycles. The second-order valence-electron chi connectivity index (χ2n) is 7.59. The molecule has 1 amide bonds. The van der Waals surface area contributed by atoms with Gasteiger partial charge in [-0.05, 0) is 36.8 Å². The molecule has 32 heavy (non-hydrogen) atoms. The van der Waals surface area contributed by atoms with E-state index in [1.807, 2.05) is 0 Å². The normalized spacial score (nSPS) is 15.7. The molecule has 0 unspecified atom stereocenters. The molecule has 7 nitrogen and oxygen atoms in total. The number of fused-ring (bicyclic) bond motifs is 1. The van der Waals surface area contributed by atoms with Crippen LogP contribution in [-0.4, -0.2) is 46.5 Å². The van der Waals surface area contributed by atoms with Crippen LogP contribution in [0.1, 0.15) is 34.5 Å². The molecule has 170 valence electrons. The van der Waals surface area contributed by atoms with Gasteiger partial charge in [0.2, 0.25) is 0 Å². The monoisotopic (exact) mass is 467 g/mol. The quantitative estimate of drug-likeness (QED) is 0.561. The van der Waals surface area contributed by atoms with Gasteiger partial charge >= 0.3 is 6.18 Å². The van der Waals surface area contributed by atoms with E-state index < -0.39 is 17.8 Å². The third-order valence-electron chi connectivity index (χ3n) is 5.26. The number of nitrogens with zero attached hydrogens (tertiary/aromatic N) is 3. The Kier molecular flexibility index (Phi) is 5.91. The standard InChI is InChI=1S/C21H21ClF3N5O2/c1-12(13-6-15(21(23,24)25)9-16(26)7-13)27-19-17-8-14(10-30(17)11-18(22)28-19)20(31)29-2-4-32-5-3-29/h6-12H,2-5,26H2,1H3,(H,27,28)/t12-/m1/s1. The molecule has 3 N–H and O–H groups in total. The van der Waals surface area contributed by atoms with E-state index in [9.17, 15) is 18.0 Å². The van der Waals surface area contributed by atoms with E-state index in [4.69, 9.17) is 22.1 Å². The van der Waals surface area contributed by atoms with E-state index in [1.165, 1.54) is 6.07 Å². The minimum atomic E-state index is -4.51. The van der Waals surface area contributed by atoms with Crippen molar-refractivity contribution in [2.24, 2.45) is 0 Å². The van der Waals surface area contributed by atoms with E-state index in [-0.39, 0.29) is 16.7 Å². The molecule has 4 rings (SSSR count). The summed E-state index contributed by atoms with van der Waals surface area (Å²) in [7, 11) is 0. The van der Waals surface area contributed by atoms with Gasteiger partial charge < -0.3 is 25.1 Å². The van der Waals surface area contributed by atoms with Crippen LogP contribution in [0.5, 0.6) is 0 Å². The fourth-order valence-electron chi connectivity index (χ4n) is 3.63. The largest absolute Gasteiger partial charge is 0.416 e. The van der Waals surface area contributed by atoms with Gasteiger partial charge in [0.25, 0.3) is 5.91 Å². The summed E-state index contributed by atoms with van der Waals surface area (Å²) in [5.41, 5.74) is 6.23. The van der Waals surface area contributed by atoms with Crippen LogP contribution >= 0.6 is 11.6 Å². The number of hydrogen-bond donors (Lipinski definition) is 2. The molecule has 0 saturated carbocycles. The van der Waals surface area contributed by atoms with Crippen molar-refractivity contribution < 1.29 is 22.7 Å². The van der Waals surface area contributed by atoms with Crippen molar-refractivity contribution in [3.05, 3.63) is 58.5 Å². The molecule has 0 aliphatic carbocycles. The molecule has 1 fully saturated rings. The van der Waals surface area contributed by atoms with Crippen LogP contribution in [-0.2, 0) is 10.9 Å². The van der Waals surface area contributed by atoms with E-state index in [0.29, 0.717) is 48.8 Å². The van der Waals surface area contributed by atoms with Crippen LogP contribution in [0.15, 0.2) is 36.7 Å². The number of anilines is 2. The third kappa shape index (κ3) is 4.61. The highest BCUT2D eigenvalue weighted by Gasteiger charge is 2.31. The lowest BCUT2D eigenvalue weighted by Gasteiger charge is -2.26. The molecule has 1 aromatic carbocycles. The van der Waals surface area contributed by atoms with Gasteiger partial charge in [0.1, 0.15) is 5.15 Å². The first-order valence-corrected chi connectivity index (χ1v) is 10.3. The summed E-state index contributed by atoms with van der Waals surface area (Å²) in [5, 5.41) is 3.26. The highest BCUT2D eigenvalue weighted by Crippen LogP contribution is 2.34. The first-order chi connectivity index (χ1) is 15.1. The summed E-state index contributed by atoms with van der Waals surface area (Å²) in [6.45, 7) is 3.66. The Balaban J connectivity index is 1.65. The van der Waals surface area contributed by atoms with Gasteiger partial charge in [-0.25, -0.2) is 4.98 Å². The van der Waals surface area contributed by atoms with Gasteiger partial charge in [-0.1, -0.05) is 11.6 Å².